The Bertz CT molecular complexity index is 699. The molecule has 0 amide bonds. The van der Waals surface area contributed by atoms with Gasteiger partial charge in [-0.3, -0.25) is 0 Å². The SMILES string of the molecule is OCC1(COc2cccc3onc(OCC4CCNCC4)c23)CCC1. The molecule has 2 aromatic rings. The molecule has 0 radical (unpaired) electrons. The Morgan fingerprint density at radius 1 is 1.24 bits per heavy atom. The van der Waals surface area contributed by atoms with Crippen LogP contribution in [0, 0.1) is 11.3 Å². The van der Waals surface area contributed by atoms with E-state index < -0.39 is 0 Å². The van der Waals surface area contributed by atoms with E-state index in [1.54, 1.807) is 0 Å². The molecule has 0 spiro atoms. The highest BCUT2D eigenvalue weighted by Gasteiger charge is 2.37. The van der Waals surface area contributed by atoms with Gasteiger partial charge in [0.2, 0.25) is 0 Å². The molecule has 6 heteroatoms. The van der Waals surface area contributed by atoms with Crippen LogP contribution in [0.25, 0.3) is 11.0 Å². The van der Waals surface area contributed by atoms with Gasteiger partial charge in [0, 0.05) is 5.41 Å². The first-order chi connectivity index (χ1) is 12.3. The lowest BCUT2D eigenvalue weighted by Crippen LogP contribution is -2.39. The highest BCUT2D eigenvalue weighted by atomic mass is 16.5. The van der Waals surface area contributed by atoms with Crippen LogP contribution >= 0.6 is 0 Å². The molecule has 1 aromatic heterocycles. The van der Waals surface area contributed by atoms with E-state index in [0.29, 0.717) is 30.6 Å². The fraction of sp³-hybridized carbons (Fsp3) is 0.632. The van der Waals surface area contributed by atoms with Gasteiger partial charge in [0.15, 0.2) is 5.58 Å². The summed E-state index contributed by atoms with van der Waals surface area (Å²) in [6, 6.07) is 5.68. The predicted octanol–water partition coefficient (Wildman–Crippen LogP) is 2.75. The fourth-order valence-corrected chi connectivity index (χ4v) is 3.65. The number of hydrogen-bond donors (Lipinski definition) is 2. The van der Waals surface area contributed by atoms with Crippen LogP contribution in [0.1, 0.15) is 32.1 Å². The van der Waals surface area contributed by atoms with Crippen molar-refractivity contribution in [1.82, 2.24) is 10.5 Å². The maximum Gasteiger partial charge on any atom is 0.265 e. The molecule has 0 atom stereocenters. The van der Waals surface area contributed by atoms with Gasteiger partial charge in [-0.05, 0) is 62.0 Å². The van der Waals surface area contributed by atoms with Crippen LogP contribution in [0.15, 0.2) is 22.7 Å². The minimum Gasteiger partial charge on any atom is -0.492 e. The minimum atomic E-state index is -0.0879. The van der Waals surface area contributed by atoms with Gasteiger partial charge in [0.25, 0.3) is 5.88 Å². The van der Waals surface area contributed by atoms with Crippen molar-refractivity contribution in [3.8, 4) is 11.6 Å². The Morgan fingerprint density at radius 3 is 2.80 bits per heavy atom. The monoisotopic (exact) mass is 346 g/mol. The normalized spacial score (nSPS) is 20.4. The lowest BCUT2D eigenvalue weighted by atomic mass is 9.70. The molecule has 25 heavy (non-hydrogen) atoms. The van der Waals surface area contributed by atoms with Crippen LogP contribution in [0.3, 0.4) is 0 Å². The summed E-state index contributed by atoms with van der Waals surface area (Å²) in [5.41, 5.74) is 0.583. The van der Waals surface area contributed by atoms with Crippen molar-refractivity contribution in [2.75, 3.05) is 32.9 Å². The van der Waals surface area contributed by atoms with Crippen LogP contribution in [0.2, 0.25) is 0 Å². The van der Waals surface area contributed by atoms with E-state index in [-0.39, 0.29) is 12.0 Å². The predicted molar refractivity (Wildman–Crippen MR) is 94.0 cm³/mol. The number of nitrogens with zero attached hydrogens (tertiary/aromatic N) is 1. The number of benzene rings is 1. The van der Waals surface area contributed by atoms with Gasteiger partial charge >= 0.3 is 0 Å². The molecule has 0 unspecified atom stereocenters. The average molecular weight is 346 g/mol. The molecular weight excluding hydrogens is 320 g/mol. The summed E-state index contributed by atoms with van der Waals surface area (Å²) in [6.07, 6.45) is 5.44. The van der Waals surface area contributed by atoms with E-state index in [2.05, 4.69) is 10.5 Å². The first kappa shape index (κ1) is 16.7. The van der Waals surface area contributed by atoms with Crippen molar-refractivity contribution in [3.05, 3.63) is 18.2 Å². The number of hydrogen-bond acceptors (Lipinski definition) is 6. The molecule has 2 heterocycles. The highest BCUT2D eigenvalue weighted by molar-refractivity contribution is 5.88. The summed E-state index contributed by atoms with van der Waals surface area (Å²) in [4.78, 5) is 0. The molecule has 2 aliphatic rings. The third-order valence-corrected chi connectivity index (χ3v) is 5.63. The lowest BCUT2D eigenvalue weighted by molar-refractivity contribution is 0.000508. The van der Waals surface area contributed by atoms with Crippen LogP contribution in [0.5, 0.6) is 11.6 Å². The van der Waals surface area contributed by atoms with Crippen LogP contribution in [0.4, 0.5) is 0 Å². The van der Waals surface area contributed by atoms with E-state index in [0.717, 1.165) is 56.3 Å². The summed E-state index contributed by atoms with van der Waals surface area (Å²) in [7, 11) is 0. The number of nitrogens with one attached hydrogen (secondary N) is 1. The van der Waals surface area contributed by atoms with Crippen molar-refractivity contribution >= 4 is 11.0 Å². The van der Waals surface area contributed by atoms with Crippen molar-refractivity contribution in [2.45, 2.75) is 32.1 Å². The number of aliphatic hydroxyl groups excluding tert-OH is 1. The smallest absolute Gasteiger partial charge is 0.265 e. The standard InChI is InChI=1S/C19H26N2O4/c22-12-19(7-2-8-19)13-24-15-3-1-4-16-17(15)18(21-25-16)23-11-14-5-9-20-10-6-14/h1,3-4,14,20,22H,2,5-13H2. The van der Waals surface area contributed by atoms with Crippen LogP contribution in [-0.4, -0.2) is 43.2 Å². The van der Waals surface area contributed by atoms with Gasteiger partial charge in [-0.25, -0.2) is 0 Å². The van der Waals surface area contributed by atoms with Gasteiger partial charge in [0.1, 0.15) is 11.1 Å². The number of rotatable bonds is 7. The first-order valence-electron chi connectivity index (χ1n) is 9.25. The first-order valence-corrected chi connectivity index (χ1v) is 9.25. The second-order valence-corrected chi connectivity index (χ2v) is 7.42. The van der Waals surface area contributed by atoms with E-state index in [1.165, 1.54) is 0 Å². The minimum absolute atomic E-state index is 0.0879. The molecule has 2 N–H and O–H groups in total. The summed E-state index contributed by atoms with van der Waals surface area (Å²) >= 11 is 0. The maximum absolute atomic E-state index is 9.63. The molecule has 1 saturated heterocycles. The van der Waals surface area contributed by atoms with E-state index >= 15 is 0 Å². The number of ether oxygens (including phenoxy) is 2. The molecule has 1 saturated carbocycles. The molecular formula is C19H26N2O4. The Hall–Kier alpha value is -1.79. The molecule has 1 aromatic carbocycles. The van der Waals surface area contributed by atoms with Gasteiger partial charge in [0.05, 0.1) is 19.8 Å². The zero-order chi connectivity index (χ0) is 17.1. The maximum atomic E-state index is 9.63. The highest BCUT2D eigenvalue weighted by Crippen LogP contribution is 2.42. The molecule has 1 aliphatic heterocycles. The average Bonchev–Trinajstić information content (AvgIpc) is 3.04. The van der Waals surface area contributed by atoms with E-state index in [9.17, 15) is 5.11 Å². The Labute approximate surface area is 147 Å². The number of fused-ring (bicyclic) bond motifs is 1. The van der Waals surface area contributed by atoms with E-state index in [4.69, 9.17) is 14.0 Å². The zero-order valence-corrected chi connectivity index (χ0v) is 14.5. The molecule has 4 rings (SSSR count). The quantitative estimate of drug-likeness (QED) is 0.803. The summed E-state index contributed by atoms with van der Waals surface area (Å²) < 4.78 is 17.4. The second-order valence-electron chi connectivity index (χ2n) is 7.42. The number of aromatic nitrogens is 1. The van der Waals surface area contributed by atoms with E-state index in [1.807, 2.05) is 18.2 Å². The van der Waals surface area contributed by atoms with Gasteiger partial charge < -0.3 is 24.4 Å². The Kier molecular flexibility index (Phi) is 4.81. The van der Waals surface area contributed by atoms with Crippen molar-refractivity contribution in [3.63, 3.8) is 0 Å². The zero-order valence-electron chi connectivity index (χ0n) is 14.5. The molecule has 136 valence electrons. The number of piperidine rings is 1. The Morgan fingerprint density at radius 2 is 2.08 bits per heavy atom. The fourth-order valence-electron chi connectivity index (χ4n) is 3.65. The van der Waals surface area contributed by atoms with Crippen molar-refractivity contribution in [2.24, 2.45) is 11.3 Å². The molecule has 6 nitrogen and oxygen atoms in total. The lowest BCUT2D eigenvalue weighted by Gasteiger charge is -2.39. The van der Waals surface area contributed by atoms with Crippen molar-refractivity contribution < 1.29 is 19.1 Å². The summed E-state index contributed by atoms with van der Waals surface area (Å²) in [6.45, 7) is 3.43. The number of aliphatic hydroxyl groups is 1. The molecule has 2 fully saturated rings. The summed E-state index contributed by atoms with van der Waals surface area (Å²) in [5, 5.41) is 17.9. The van der Waals surface area contributed by atoms with Gasteiger partial charge in [-0.15, -0.1) is 0 Å². The third kappa shape index (κ3) is 3.46. The topological polar surface area (TPSA) is 76.8 Å². The molecule has 1 aliphatic carbocycles. The van der Waals surface area contributed by atoms with Crippen LogP contribution < -0.4 is 14.8 Å². The largest absolute Gasteiger partial charge is 0.492 e. The van der Waals surface area contributed by atoms with Crippen molar-refractivity contribution in [1.29, 1.82) is 0 Å². The van der Waals surface area contributed by atoms with Crippen LogP contribution in [-0.2, 0) is 0 Å². The van der Waals surface area contributed by atoms with Gasteiger partial charge in [-0.1, -0.05) is 12.5 Å². The van der Waals surface area contributed by atoms with Gasteiger partial charge in [-0.2, -0.15) is 0 Å². The summed E-state index contributed by atoms with van der Waals surface area (Å²) in [5.74, 6) is 1.78. The molecule has 0 bridgehead atoms. The second kappa shape index (κ2) is 7.22. The third-order valence-electron chi connectivity index (χ3n) is 5.63. The Balaban J connectivity index is 1.48.